The molecule has 5 heteroatoms. The smallest absolute Gasteiger partial charge is 0.165 e. The highest BCUT2D eigenvalue weighted by molar-refractivity contribution is 5.97. The van der Waals surface area contributed by atoms with Crippen LogP contribution in [0.5, 0.6) is 0 Å². The Balaban J connectivity index is 1.18. The number of fused-ring (bicyclic) bond motifs is 12. The third kappa shape index (κ3) is 4.76. The third-order valence-electron chi connectivity index (χ3n) is 11.2. The maximum atomic E-state index is 5.21. The second-order valence-electron chi connectivity index (χ2n) is 14.1. The van der Waals surface area contributed by atoms with Gasteiger partial charge in [0.1, 0.15) is 0 Å². The van der Waals surface area contributed by atoms with E-state index in [-0.39, 0.29) is 0 Å². The van der Waals surface area contributed by atoms with Gasteiger partial charge in [0.25, 0.3) is 0 Å². The molecule has 5 nitrogen and oxygen atoms in total. The molecule has 2 aliphatic carbocycles. The summed E-state index contributed by atoms with van der Waals surface area (Å²) in [5.41, 5.74) is 16.5. The van der Waals surface area contributed by atoms with Crippen LogP contribution in [0.25, 0.3) is 78.7 Å². The molecule has 55 heavy (non-hydrogen) atoms. The molecule has 0 bridgehead atoms. The Bertz CT molecular complexity index is 2880. The molecule has 1 spiro atoms. The van der Waals surface area contributed by atoms with Gasteiger partial charge in [-0.3, -0.25) is 9.97 Å². The lowest BCUT2D eigenvalue weighted by molar-refractivity contribution is 0.775. The Hall–Kier alpha value is -7.37. The van der Waals surface area contributed by atoms with Gasteiger partial charge in [-0.1, -0.05) is 140 Å². The molecule has 256 valence electrons. The van der Waals surface area contributed by atoms with Gasteiger partial charge >= 0.3 is 0 Å². The van der Waals surface area contributed by atoms with Crippen molar-refractivity contribution in [1.29, 1.82) is 0 Å². The summed E-state index contributed by atoms with van der Waals surface area (Å²) in [6.07, 6.45) is 7.24. The van der Waals surface area contributed by atoms with Crippen molar-refractivity contribution in [2.75, 3.05) is 0 Å². The van der Waals surface area contributed by atoms with E-state index in [1.807, 2.05) is 24.4 Å². The van der Waals surface area contributed by atoms with Crippen LogP contribution < -0.4 is 0 Å². The zero-order valence-corrected chi connectivity index (χ0v) is 29.6. The predicted molar refractivity (Wildman–Crippen MR) is 219 cm³/mol. The molecular weight excluding hydrogens is 671 g/mol. The van der Waals surface area contributed by atoms with E-state index < -0.39 is 5.41 Å². The molecule has 0 N–H and O–H groups in total. The van der Waals surface area contributed by atoms with Crippen LogP contribution in [0.1, 0.15) is 22.3 Å². The lowest BCUT2D eigenvalue weighted by atomic mass is 9.65. The van der Waals surface area contributed by atoms with Crippen molar-refractivity contribution >= 4 is 0 Å². The largest absolute Gasteiger partial charge is 0.264 e. The first-order valence-electron chi connectivity index (χ1n) is 18.5. The topological polar surface area (TPSA) is 64.5 Å². The van der Waals surface area contributed by atoms with Crippen molar-refractivity contribution in [1.82, 2.24) is 24.9 Å². The van der Waals surface area contributed by atoms with Gasteiger partial charge in [-0.2, -0.15) is 0 Å². The summed E-state index contributed by atoms with van der Waals surface area (Å²) < 4.78 is 0. The molecule has 0 aliphatic heterocycles. The zero-order chi connectivity index (χ0) is 36.3. The van der Waals surface area contributed by atoms with Crippen LogP contribution in [0.3, 0.4) is 0 Å². The molecular formula is C50H31N5. The number of rotatable bonds is 4. The van der Waals surface area contributed by atoms with Crippen LogP contribution in [0, 0.1) is 0 Å². The second-order valence-corrected chi connectivity index (χ2v) is 14.1. The van der Waals surface area contributed by atoms with Crippen molar-refractivity contribution in [3.8, 4) is 78.7 Å². The number of nitrogens with zero attached hydrogens (tertiary/aromatic N) is 5. The highest BCUT2D eigenvalue weighted by Gasteiger charge is 2.49. The minimum absolute atomic E-state index is 0.571. The molecule has 0 radical (unpaired) electrons. The van der Waals surface area contributed by atoms with Crippen LogP contribution in [0.15, 0.2) is 189 Å². The summed E-state index contributed by atoms with van der Waals surface area (Å²) in [5.74, 6) is 1.77. The van der Waals surface area contributed by atoms with E-state index in [0.717, 1.165) is 27.8 Å². The van der Waals surface area contributed by atoms with Crippen LogP contribution in [-0.4, -0.2) is 24.9 Å². The lowest BCUT2D eigenvalue weighted by Crippen LogP contribution is -2.29. The highest BCUT2D eigenvalue weighted by Crippen LogP contribution is 2.61. The minimum Gasteiger partial charge on any atom is -0.264 e. The van der Waals surface area contributed by atoms with E-state index in [9.17, 15) is 0 Å². The van der Waals surface area contributed by atoms with Crippen LogP contribution >= 0.6 is 0 Å². The number of hydrogen-bond acceptors (Lipinski definition) is 5. The quantitative estimate of drug-likeness (QED) is 0.183. The number of benzene rings is 6. The number of pyridine rings is 2. The van der Waals surface area contributed by atoms with E-state index in [4.69, 9.17) is 15.0 Å². The maximum absolute atomic E-state index is 5.21. The SMILES string of the molecule is c1cncc(-c2ccc(-c3nc(-c4cccnc4)nc(-c4ccc5c(c4)C4(c6ccccc6-c6ccccc6-5)c5ccccc5-c5ccccc54)n3)cc2)c1. The molecule has 0 unspecified atom stereocenters. The average Bonchev–Trinajstić information content (AvgIpc) is 3.52. The average molecular weight is 702 g/mol. The molecule has 9 aromatic rings. The van der Waals surface area contributed by atoms with Gasteiger partial charge < -0.3 is 0 Å². The van der Waals surface area contributed by atoms with Crippen LogP contribution in [-0.2, 0) is 5.41 Å². The fourth-order valence-corrected chi connectivity index (χ4v) is 8.79. The number of aromatic nitrogens is 5. The molecule has 0 saturated carbocycles. The van der Waals surface area contributed by atoms with Gasteiger partial charge in [-0.05, 0) is 91.0 Å². The van der Waals surface area contributed by atoms with Gasteiger partial charge in [0.15, 0.2) is 17.5 Å². The van der Waals surface area contributed by atoms with Crippen molar-refractivity contribution in [3.63, 3.8) is 0 Å². The van der Waals surface area contributed by atoms with E-state index in [2.05, 4.69) is 156 Å². The van der Waals surface area contributed by atoms with Crippen molar-refractivity contribution < 1.29 is 0 Å². The molecule has 0 atom stereocenters. The minimum atomic E-state index is -0.599. The molecule has 3 heterocycles. The second kappa shape index (κ2) is 12.4. The summed E-state index contributed by atoms with van der Waals surface area (Å²) >= 11 is 0. The Morgan fingerprint density at radius 2 is 0.709 bits per heavy atom. The lowest BCUT2D eigenvalue weighted by Gasteiger charge is -2.35. The van der Waals surface area contributed by atoms with E-state index in [1.54, 1.807) is 18.6 Å². The molecule has 2 aliphatic rings. The van der Waals surface area contributed by atoms with Crippen molar-refractivity contribution in [2.24, 2.45) is 0 Å². The fourth-order valence-electron chi connectivity index (χ4n) is 8.79. The summed E-state index contributed by atoms with van der Waals surface area (Å²) in [4.78, 5) is 24.1. The fraction of sp³-hybridized carbons (Fsp3) is 0.0200. The monoisotopic (exact) mass is 701 g/mol. The summed E-state index contributed by atoms with van der Waals surface area (Å²) in [6, 6.07) is 58.6. The van der Waals surface area contributed by atoms with Crippen LogP contribution in [0.2, 0.25) is 0 Å². The van der Waals surface area contributed by atoms with Crippen molar-refractivity contribution in [3.05, 3.63) is 211 Å². The maximum Gasteiger partial charge on any atom is 0.165 e. The molecule has 0 saturated heterocycles. The van der Waals surface area contributed by atoms with E-state index in [1.165, 1.54) is 55.6 Å². The molecule has 3 aromatic heterocycles. The van der Waals surface area contributed by atoms with Crippen LogP contribution in [0.4, 0.5) is 0 Å². The summed E-state index contributed by atoms with van der Waals surface area (Å²) in [6.45, 7) is 0. The first kappa shape index (κ1) is 31.2. The van der Waals surface area contributed by atoms with E-state index in [0.29, 0.717) is 17.5 Å². The summed E-state index contributed by atoms with van der Waals surface area (Å²) in [5, 5.41) is 0. The van der Waals surface area contributed by atoms with Crippen molar-refractivity contribution in [2.45, 2.75) is 5.41 Å². The third-order valence-corrected chi connectivity index (χ3v) is 11.2. The van der Waals surface area contributed by atoms with E-state index >= 15 is 0 Å². The normalized spacial score (nSPS) is 12.9. The standard InChI is InChI=1S/C50H31N5/c1-2-14-38-37(13-1)39-15-3-6-18-43(39)50(44-19-7-4-16-40(44)41-17-5-8-20-45(41)50)46-29-34(25-26-42(38)46)48-53-47(54-49(55-48)36-12-10-28-52-31-36)33-23-21-32(22-24-33)35-11-9-27-51-30-35/h1-31H. The molecule has 0 amide bonds. The Kier molecular flexibility index (Phi) is 7.01. The van der Waals surface area contributed by atoms with Gasteiger partial charge in [-0.25, -0.2) is 15.0 Å². The Labute approximate surface area is 318 Å². The predicted octanol–water partition coefficient (Wildman–Crippen LogP) is 11.3. The Morgan fingerprint density at radius 3 is 1.25 bits per heavy atom. The molecule has 0 fully saturated rings. The van der Waals surface area contributed by atoms with Gasteiger partial charge in [0.2, 0.25) is 0 Å². The zero-order valence-electron chi connectivity index (χ0n) is 29.6. The Morgan fingerprint density at radius 1 is 0.291 bits per heavy atom. The van der Waals surface area contributed by atoms with Gasteiger partial charge in [0.05, 0.1) is 5.41 Å². The number of hydrogen-bond donors (Lipinski definition) is 0. The molecule has 6 aromatic carbocycles. The van der Waals surface area contributed by atoms with Gasteiger partial charge in [-0.15, -0.1) is 0 Å². The first-order chi connectivity index (χ1) is 27.3. The first-order valence-corrected chi connectivity index (χ1v) is 18.5. The molecule has 11 rings (SSSR count). The highest BCUT2D eigenvalue weighted by atomic mass is 15.0. The summed E-state index contributed by atoms with van der Waals surface area (Å²) in [7, 11) is 0. The van der Waals surface area contributed by atoms with Gasteiger partial charge in [0, 0.05) is 41.5 Å².